The van der Waals surface area contributed by atoms with Gasteiger partial charge in [-0.05, 0) is 31.2 Å². The number of nitrogens with one attached hydrogen (secondary N) is 1. The molecule has 0 aromatic carbocycles. The predicted octanol–water partition coefficient (Wildman–Crippen LogP) is 1.60. The highest BCUT2D eigenvalue weighted by Gasteiger charge is 2.29. The first kappa shape index (κ1) is 15.5. The van der Waals surface area contributed by atoms with Crippen molar-refractivity contribution in [3.05, 3.63) is 22.4 Å². The molecule has 0 aliphatic carbocycles. The van der Waals surface area contributed by atoms with Crippen LogP contribution in [0.3, 0.4) is 0 Å². The van der Waals surface area contributed by atoms with Crippen LogP contribution in [0.2, 0.25) is 0 Å². The van der Waals surface area contributed by atoms with E-state index in [0.717, 1.165) is 4.88 Å². The number of rotatable bonds is 4. The summed E-state index contributed by atoms with van der Waals surface area (Å²) in [4.78, 5) is 13.3. The lowest BCUT2D eigenvalue weighted by molar-refractivity contribution is -0.126. The zero-order valence-corrected chi connectivity index (χ0v) is 13.3. The first-order valence-corrected chi connectivity index (χ1v) is 9.39. The van der Waals surface area contributed by atoms with Crippen LogP contribution < -0.4 is 5.32 Å². The van der Waals surface area contributed by atoms with Gasteiger partial charge in [-0.25, -0.2) is 12.7 Å². The standard InChI is InChI=1S/C13H20N2O3S2/c1-10(12-4-3-9-19-12)14-13(16)11-5-7-15(8-6-11)20(2,17)18/h3-4,9-11H,5-8H2,1-2H3,(H,14,16). The summed E-state index contributed by atoms with van der Waals surface area (Å²) < 4.78 is 24.3. The Morgan fingerprint density at radius 3 is 2.60 bits per heavy atom. The van der Waals surface area contributed by atoms with Crippen molar-refractivity contribution in [3.8, 4) is 0 Å². The van der Waals surface area contributed by atoms with Crippen molar-refractivity contribution in [2.45, 2.75) is 25.8 Å². The van der Waals surface area contributed by atoms with Crippen LogP contribution in [0.5, 0.6) is 0 Å². The molecule has 0 radical (unpaired) electrons. The maximum Gasteiger partial charge on any atom is 0.223 e. The summed E-state index contributed by atoms with van der Waals surface area (Å²) in [6.45, 7) is 2.84. The molecule has 20 heavy (non-hydrogen) atoms. The zero-order valence-electron chi connectivity index (χ0n) is 11.7. The van der Waals surface area contributed by atoms with Crippen LogP contribution in [0.25, 0.3) is 0 Å². The maximum atomic E-state index is 12.2. The normalized spacial score (nSPS) is 19.7. The molecule has 1 aromatic heterocycles. The van der Waals surface area contributed by atoms with E-state index in [9.17, 15) is 13.2 Å². The molecule has 1 fully saturated rings. The summed E-state index contributed by atoms with van der Waals surface area (Å²) in [6.07, 6.45) is 2.40. The molecule has 1 unspecified atom stereocenters. The monoisotopic (exact) mass is 316 g/mol. The fourth-order valence-corrected chi connectivity index (χ4v) is 4.00. The molecule has 1 N–H and O–H groups in total. The van der Waals surface area contributed by atoms with E-state index < -0.39 is 10.0 Å². The van der Waals surface area contributed by atoms with Crippen LogP contribution in [0.4, 0.5) is 0 Å². The molecule has 0 saturated carbocycles. The zero-order chi connectivity index (χ0) is 14.8. The fraction of sp³-hybridized carbons (Fsp3) is 0.615. The molecule has 0 spiro atoms. The van der Waals surface area contributed by atoms with Crippen molar-refractivity contribution in [2.75, 3.05) is 19.3 Å². The number of amides is 1. The molecule has 1 aliphatic heterocycles. The van der Waals surface area contributed by atoms with Gasteiger partial charge in [0.05, 0.1) is 12.3 Å². The third kappa shape index (κ3) is 3.80. The summed E-state index contributed by atoms with van der Waals surface area (Å²) in [5, 5.41) is 5.00. The molecule has 5 nitrogen and oxygen atoms in total. The number of thiophene rings is 1. The summed E-state index contributed by atoms with van der Waals surface area (Å²) in [6, 6.07) is 3.98. The summed E-state index contributed by atoms with van der Waals surface area (Å²) in [7, 11) is -3.13. The van der Waals surface area contributed by atoms with Crippen LogP contribution in [0.1, 0.15) is 30.7 Å². The summed E-state index contributed by atoms with van der Waals surface area (Å²) in [5.74, 6) is -0.0607. The lowest BCUT2D eigenvalue weighted by Gasteiger charge is -2.30. The van der Waals surface area contributed by atoms with Crippen LogP contribution >= 0.6 is 11.3 Å². The van der Waals surface area contributed by atoms with Gasteiger partial charge in [-0.3, -0.25) is 4.79 Å². The summed E-state index contributed by atoms with van der Waals surface area (Å²) >= 11 is 1.62. The minimum absolute atomic E-state index is 0.00966. The first-order chi connectivity index (χ1) is 9.38. The highest BCUT2D eigenvalue weighted by atomic mass is 32.2. The van der Waals surface area contributed by atoms with E-state index >= 15 is 0 Å². The van der Waals surface area contributed by atoms with Gasteiger partial charge in [0.1, 0.15) is 0 Å². The van der Waals surface area contributed by atoms with Crippen LogP contribution in [0, 0.1) is 5.92 Å². The molecule has 1 aliphatic rings. The van der Waals surface area contributed by atoms with E-state index in [1.165, 1.54) is 10.6 Å². The van der Waals surface area contributed by atoms with Crippen molar-refractivity contribution in [2.24, 2.45) is 5.92 Å². The van der Waals surface area contributed by atoms with Gasteiger partial charge in [0.2, 0.25) is 15.9 Å². The van der Waals surface area contributed by atoms with Gasteiger partial charge in [0.25, 0.3) is 0 Å². The molecule has 112 valence electrons. The lowest BCUT2D eigenvalue weighted by Crippen LogP contribution is -2.43. The Balaban J connectivity index is 1.86. The Hall–Kier alpha value is -0.920. The topological polar surface area (TPSA) is 66.5 Å². The van der Waals surface area contributed by atoms with Crippen molar-refractivity contribution in [3.63, 3.8) is 0 Å². The van der Waals surface area contributed by atoms with Gasteiger partial charge in [0.15, 0.2) is 0 Å². The van der Waals surface area contributed by atoms with Crippen molar-refractivity contribution < 1.29 is 13.2 Å². The van der Waals surface area contributed by atoms with E-state index in [1.807, 2.05) is 24.4 Å². The van der Waals surface area contributed by atoms with Crippen molar-refractivity contribution in [1.82, 2.24) is 9.62 Å². The maximum absolute atomic E-state index is 12.2. The van der Waals surface area contributed by atoms with E-state index in [-0.39, 0.29) is 17.9 Å². The number of nitrogens with zero attached hydrogens (tertiary/aromatic N) is 1. The van der Waals surface area contributed by atoms with Crippen LogP contribution in [0.15, 0.2) is 17.5 Å². The molecule has 1 saturated heterocycles. The average molecular weight is 316 g/mol. The smallest absolute Gasteiger partial charge is 0.223 e. The minimum atomic E-state index is -3.13. The lowest BCUT2D eigenvalue weighted by atomic mass is 9.97. The number of hydrogen-bond donors (Lipinski definition) is 1. The highest BCUT2D eigenvalue weighted by molar-refractivity contribution is 7.88. The summed E-state index contributed by atoms with van der Waals surface area (Å²) in [5.41, 5.74) is 0. The third-order valence-electron chi connectivity index (χ3n) is 3.62. The number of piperidine rings is 1. The SMILES string of the molecule is CC(NC(=O)C1CCN(S(C)(=O)=O)CC1)c1cccs1. The van der Waals surface area contributed by atoms with Gasteiger partial charge < -0.3 is 5.32 Å². The van der Waals surface area contributed by atoms with Crippen molar-refractivity contribution >= 4 is 27.3 Å². The predicted molar refractivity (Wildman–Crippen MR) is 80.0 cm³/mol. The van der Waals surface area contributed by atoms with Gasteiger partial charge in [-0.15, -0.1) is 11.3 Å². The van der Waals surface area contributed by atoms with E-state index in [4.69, 9.17) is 0 Å². The average Bonchev–Trinajstić information content (AvgIpc) is 2.91. The van der Waals surface area contributed by atoms with E-state index in [0.29, 0.717) is 25.9 Å². The Morgan fingerprint density at radius 2 is 2.10 bits per heavy atom. The Bertz CT molecular complexity index is 546. The molecule has 1 aromatic rings. The Morgan fingerprint density at radius 1 is 1.45 bits per heavy atom. The van der Waals surface area contributed by atoms with Gasteiger partial charge in [0, 0.05) is 23.9 Å². The first-order valence-electron chi connectivity index (χ1n) is 6.67. The molecule has 1 amide bonds. The number of carbonyl (C=O) groups is 1. The quantitative estimate of drug-likeness (QED) is 0.917. The van der Waals surface area contributed by atoms with Gasteiger partial charge >= 0.3 is 0 Å². The largest absolute Gasteiger partial charge is 0.349 e. The number of hydrogen-bond acceptors (Lipinski definition) is 4. The third-order valence-corrected chi connectivity index (χ3v) is 5.98. The second kappa shape index (κ2) is 6.24. The van der Waals surface area contributed by atoms with Crippen LogP contribution in [-0.2, 0) is 14.8 Å². The second-order valence-corrected chi connectivity index (χ2v) is 8.14. The van der Waals surface area contributed by atoms with E-state index in [1.54, 1.807) is 11.3 Å². The molecular weight excluding hydrogens is 296 g/mol. The molecule has 2 rings (SSSR count). The molecule has 2 heterocycles. The minimum Gasteiger partial charge on any atom is -0.349 e. The second-order valence-electron chi connectivity index (χ2n) is 5.18. The molecule has 7 heteroatoms. The Kier molecular flexibility index (Phi) is 4.82. The fourth-order valence-electron chi connectivity index (χ4n) is 2.39. The molecule has 1 atom stereocenters. The highest BCUT2D eigenvalue weighted by Crippen LogP contribution is 2.22. The van der Waals surface area contributed by atoms with Crippen molar-refractivity contribution in [1.29, 1.82) is 0 Å². The Labute approximate surface area is 124 Å². The van der Waals surface area contributed by atoms with Gasteiger partial charge in [-0.2, -0.15) is 0 Å². The van der Waals surface area contributed by atoms with Crippen LogP contribution in [-0.4, -0.2) is 38.0 Å². The molecule has 0 bridgehead atoms. The molecular formula is C13H20N2O3S2. The van der Waals surface area contributed by atoms with E-state index in [2.05, 4.69) is 5.32 Å². The number of carbonyl (C=O) groups excluding carboxylic acids is 1. The van der Waals surface area contributed by atoms with Gasteiger partial charge in [-0.1, -0.05) is 6.07 Å². The number of sulfonamides is 1.